The number of methoxy groups -OCH3 is 1. The van der Waals surface area contributed by atoms with Crippen molar-refractivity contribution in [1.29, 1.82) is 0 Å². The molecule has 0 aliphatic rings. The van der Waals surface area contributed by atoms with Crippen LogP contribution in [0.1, 0.15) is 16.1 Å². The summed E-state index contributed by atoms with van der Waals surface area (Å²) in [5, 5.41) is 11.4. The number of aromatic carboxylic acids is 1. The van der Waals surface area contributed by atoms with Crippen molar-refractivity contribution >= 4 is 28.9 Å². The quantitative estimate of drug-likeness (QED) is 0.673. The third kappa shape index (κ3) is 3.92. The van der Waals surface area contributed by atoms with Crippen molar-refractivity contribution in [3.8, 4) is 22.1 Å². The molecule has 7 heteroatoms. The van der Waals surface area contributed by atoms with Crippen molar-refractivity contribution in [1.82, 2.24) is 4.98 Å². The molecule has 0 radical (unpaired) electrons. The molecule has 5 nitrogen and oxygen atoms in total. The first kappa shape index (κ1) is 17.3. The zero-order chi connectivity index (χ0) is 17.8. The standard InChI is InChI=1S/C18H14ClNO4S/c1-23-15-8-12(17-20-14(10-25-17)18(21)22)7-13(19)16(15)24-9-11-5-3-2-4-6-11/h2-8,10H,9H2,1H3,(H,21,22). The molecule has 0 aliphatic heterocycles. The lowest BCUT2D eigenvalue weighted by Crippen LogP contribution is -1.99. The number of aromatic nitrogens is 1. The Bertz CT molecular complexity index is 895. The molecule has 1 N–H and O–H groups in total. The Morgan fingerprint density at radius 1 is 1.28 bits per heavy atom. The molecule has 2 aromatic carbocycles. The van der Waals surface area contributed by atoms with Crippen LogP contribution in [-0.4, -0.2) is 23.2 Å². The van der Waals surface area contributed by atoms with Crippen molar-refractivity contribution in [3.05, 3.63) is 64.1 Å². The van der Waals surface area contributed by atoms with Crippen LogP contribution in [0.2, 0.25) is 5.02 Å². The summed E-state index contributed by atoms with van der Waals surface area (Å²) < 4.78 is 11.2. The van der Waals surface area contributed by atoms with Gasteiger partial charge in [0.15, 0.2) is 17.2 Å². The average molecular weight is 376 g/mol. The van der Waals surface area contributed by atoms with E-state index >= 15 is 0 Å². The van der Waals surface area contributed by atoms with Crippen molar-refractivity contribution in [2.45, 2.75) is 6.61 Å². The minimum Gasteiger partial charge on any atom is -0.493 e. The van der Waals surface area contributed by atoms with Gasteiger partial charge in [-0.1, -0.05) is 41.9 Å². The van der Waals surface area contributed by atoms with Gasteiger partial charge in [-0.2, -0.15) is 0 Å². The van der Waals surface area contributed by atoms with E-state index in [1.165, 1.54) is 23.8 Å². The number of halogens is 1. The van der Waals surface area contributed by atoms with Gasteiger partial charge in [-0.15, -0.1) is 11.3 Å². The number of benzene rings is 2. The number of carbonyl (C=O) groups is 1. The van der Waals surface area contributed by atoms with Crippen LogP contribution in [0, 0.1) is 0 Å². The molecule has 128 valence electrons. The highest BCUT2D eigenvalue weighted by atomic mass is 35.5. The summed E-state index contributed by atoms with van der Waals surface area (Å²) in [6.07, 6.45) is 0. The Kier molecular flexibility index (Phi) is 5.21. The number of carboxylic acids is 1. The van der Waals surface area contributed by atoms with E-state index in [4.69, 9.17) is 26.2 Å². The average Bonchev–Trinajstić information content (AvgIpc) is 3.11. The van der Waals surface area contributed by atoms with Crippen LogP contribution in [0.3, 0.4) is 0 Å². The molecule has 25 heavy (non-hydrogen) atoms. The lowest BCUT2D eigenvalue weighted by Gasteiger charge is -2.13. The highest BCUT2D eigenvalue weighted by Crippen LogP contribution is 2.40. The summed E-state index contributed by atoms with van der Waals surface area (Å²) >= 11 is 7.58. The van der Waals surface area contributed by atoms with Crippen LogP contribution in [0.15, 0.2) is 47.8 Å². The Labute approximate surface area is 153 Å². The maximum Gasteiger partial charge on any atom is 0.355 e. The molecule has 0 atom stereocenters. The van der Waals surface area contributed by atoms with Crippen molar-refractivity contribution in [2.24, 2.45) is 0 Å². The van der Waals surface area contributed by atoms with E-state index < -0.39 is 5.97 Å². The van der Waals surface area contributed by atoms with Crippen LogP contribution in [0.25, 0.3) is 10.6 Å². The number of carboxylic acid groups (broad SMARTS) is 1. The molecule has 0 fully saturated rings. The molecule has 0 amide bonds. The molecule has 0 saturated carbocycles. The van der Waals surface area contributed by atoms with E-state index in [0.717, 1.165) is 5.56 Å². The van der Waals surface area contributed by atoms with Crippen LogP contribution in [-0.2, 0) is 6.61 Å². The molecule has 0 unspecified atom stereocenters. The van der Waals surface area contributed by atoms with Crippen LogP contribution in [0.5, 0.6) is 11.5 Å². The second-order valence-corrected chi connectivity index (χ2v) is 6.37. The monoisotopic (exact) mass is 375 g/mol. The molecular formula is C18H14ClNO4S. The lowest BCUT2D eigenvalue weighted by atomic mass is 10.2. The summed E-state index contributed by atoms with van der Waals surface area (Å²) in [6, 6.07) is 13.1. The number of nitrogens with zero attached hydrogens (tertiary/aromatic N) is 1. The van der Waals surface area contributed by atoms with Crippen LogP contribution >= 0.6 is 22.9 Å². The van der Waals surface area contributed by atoms with E-state index in [0.29, 0.717) is 33.7 Å². The van der Waals surface area contributed by atoms with Gasteiger partial charge >= 0.3 is 5.97 Å². The van der Waals surface area contributed by atoms with Gasteiger partial charge in [-0.25, -0.2) is 9.78 Å². The zero-order valence-electron chi connectivity index (χ0n) is 13.2. The van der Waals surface area contributed by atoms with Gasteiger partial charge < -0.3 is 14.6 Å². The number of hydrogen-bond donors (Lipinski definition) is 1. The maximum atomic E-state index is 11.0. The topological polar surface area (TPSA) is 68.7 Å². The third-order valence-corrected chi connectivity index (χ3v) is 4.60. The van der Waals surface area contributed by atoms with Crippen LogP contribution < -0.4 is 9.47 Å². The fourth-order valence-electron chi connectivity index (χ4n) is 2.22. The van der Waals surface area contributed by atoms with E-state index in [9.17, 15) is 4.79 Å². The van der Waals surface area contributed by atoms with Gasteiger partial charge in [0, 0.05) is 10.9 Å². The number of thiazole rings is 1. The van der Waals surface area contributed by atoms with Crippen LogP contribution in [0.4, 0.5) is 0 Å². The molecule has 3 rings (SSSR count). The summed E-state index contributed by atoms with van der Waals surface area (Å²) in [7, 11) is 1.52. The van der Waals surface area contributed by atoms with E-state index in [1.54, 1.807) is 12.1 Å². The zero-order valence-corrected chi connectivity index (χ0v) is 14.8. The highest BCUT2D eigenvalue weighted by Gasteiger charge is 2.16. The van der Waals surface area contributed by atoms with Gasteiger partial charge in [0.2, 0.25) is 0 Å². The smallest absolute Gasteiger partial charge is 0.355 e. The van der Waals surface area contributed by atoms with E-state index in [-0.39, 0.29) is 5.69 Å². The van der Waals surface area contributed by atoms with Gasteiger partial charge in [0.25, 0.3) is 0 Å². The first-order chi connectivity index (χ1) is 12.1. The fourth-order valence-corrected chi connectivity index (χ4v) is 3.26. The van der Waals surface area contributed by atoms with Gasteiger partial charge in [0.05, 0.1) is 12.1 Å². The summed E-state index contributed by atoms with van der Waals surface area (Å²) in [5.41, 5.74) is 1.68. The predicted octanol–water partition coefficient (Wildman–Crippen LogP) is 4.75. The third-order valence-electron chi connectivity index (χ3n) is 3.43. The lowest BCUT2D eigenvalue weighted by molar-refractivity contribution is 0.0691. The molecule has 0 spiro atoms. The van der Waals surface area contributed by atoms with Gasteiger partial charge in [-0.3, -0.25) is 0 Å². The van der Waals surface area contributed by atoms with Gasteiger partial charge in [0.1, 0.15) is 11.6 Å². The van der Waals surface area contributed by atoms with Crippen molar-refractivity contribution < 1.29 is 19.4 Å². The molecule has 0 bridgehead atoms. The Hall–Kier alpha value is -2.57. The van der Waals surface area contributed by atoms with Crippen molar-refractivity contribution in [3.63, 3.8) is 0 Å². The normalized spacial score (nSPS) is 10.5. The second-order valence-electron chi connectivity index (χ2n) is 5.11. The SMILES string of the molecule is COc1cc(-c2nc(C(=O)O)cs2)cc(Cl)c1OCc1ccccc1. The minimum absolute atomic E-state index is 0.000469. The summed E-state index contributed by atoms with van der Waals surface area (Å²) in [4.78, 5) is 15.1. The first-order valence-electron chi connectivity index (χ1n) is 7.32. The number of hydrogen-bond acceptors (Lipinski definition) is 5. The first-order valence-corrected chi connectivity index (χ1v) is 8.57. The van der Waals surface area contributed by atoms with Gasteiger partial charge in [-0.05, 0) is 17.7 Å². The second kappa shape index (κ2) is 7.55. The van der Waals surface area contributed by atoms with Crippen molar-refractivity contribution in [2.75, 3.05) is 7.11 Å². The molecule has 1 aromatic heterocycles. The maximum absolute atomic E-state index is 11.0. The molecular weight excluding hydrogens is 362 g/mol. The largest absolute Gasteiger partial charge is 0.493 e. The van der Waals surface area contributed by atoms with E-state index in [2.05, 4.69) is 4.98 Å². The molecule has 0 aliphatic carbocycles. The molecule has 1 heterocycles. The Morgan fingerprint density at radius 3 is 2.68 bits per heavy atom. The Morgan fingerprint density at radius 2 is 2.04 bits per heavy atom. The predicted molar refractivity (Wildman–Crippen MR) is 96.8 cm³/mol. The number of rotatable bonds is 6. The summed E-state index contributed by atoms with van der Waals surface area (Å²) in [6.45, 7) is 0.358. The minimum atomic E-state index is -1.07. The number of ether oxygens (including phenoxy) is 2. The highest BCUT2D eigenvalue weighted by molar-refractivity contribution is 7.13. The fraction of sp³-hybridized carbons (Fsp3) is 0.111. The van der Waals surface area contributed by atoms with E-state index in [1.807, 2.05) is 30.3 Å². The summed E-state index contributed by atoms with van der Waals surface area (Å²) in [5.74, 6) is -0.166. The molecule has 3 aromatic rings. The Balaban J connectivity index is 1.88. The molecule has 0 saturated heterocycles.